The van der Waals surface area contributed by atoms with Crippen molar-refractivity contribution in [3.8, 4) is 0 Å². The van der Waals surface area contributed by atoms with E-state index < -0.39 is 0 Å². The second-order valence-electron chi connectivity index (χ2n) is 11.4. The highest BCUT2D eigenvalue weighted by Crippen LogP contribution is 2.45. The Bertz CT molecular complexity index is 1480. The summed E-state index contributed by atoms with van der Waals surface area (Å²) in [6.07, 6.45) is 0.873. The predicted molar refractivity (Wildman–Crippen MR) is 177 cm³/mol. The number of benzene rings is 4. The summed E-state index contributed by atoms with van der Waals surface area (Å²) in [6, 6.07) is 30.4. The van der Waals surface area contributed by atoms with Gasteiger partial charge >= 0.3 is 11.9 Å². The predicted octanol–water partition coefficient (Wildman–Crippen LogP) is 10.8. The molecule has 0 aliphatic carbocycles. The number of cyclic esters (lactones) is 2. The van der Waals surface area contributed by atoms with E-state index in [2.05, 4.69) is 0 Å². The van der Waals surface area contributed by atoms with E-state index in [-0.39, 0.29) is 47.8 Å². The van der Waals surface area contributed by atoms with Gasteiger partial charge in [0.15, 0.2) is 0 Å². The smallest absolute Gasteiger partial charge is 0.309 e. The van der Waals surface area contributed by atoms with Gasteiger partial charge in [-0.2, -0.15) is 0 Å². The van der Waals surface area contributed by atoms with Gasteiger partial charge < -0.3 is 9.47 Å². The Morgan fingerprint density at radius 1 is 0.500 bits per heavy atom. The van der Waals surface area contributed by atoms with Gasteiger partial charge in [-0.1, -0.05) is 109 Å². The molecule has 2 aliphatic rings. The van der Waals surface area contributed by atoms with E-state index in [0.717, 1.165) is 35.1 Å². The molecule has 8 heteroatoms. The van der Waals surface area contributed by atoms with Crippen molar-refractivity contribution in [2.45, 2.75) is 50.7 Å². The second-order valence-corrected chi connectivity index (χ2v) is 13.2. The van der Waals surface area contributed by atoms with E-state index >= 15 is 0 Å². The van der Waals surface area contributed by atoms with Crippen molar-refractivity contribution in [3.05, 3.63) is 139 Å². The maximum atomic E-state index is 12.0. The highest BCUT2D eigenvalue weighted by molar-refractivity contribution is 6.31. The molecule has 0 radical (unpaired) electrons. The molecule has 2 fully saturated rings. The lowest BCUT2D eigenvalue weighted by molar-refractivity contribution is -0.162. The van der Waals surface area contributed by atoms with Gasteiger partial charge in [0.05, 0.1) is 11.8 Å². The Hall–Kier alpha value is -3.02. The summed E-state index contributed by atoms with van der Waals surface area (Å²) in [7, 11) is 0. The first-order valence-electron chi connectivity index (χ1n) is 14.5. The van der Waals surface area contributed by atoms with Gasteiger partial charge in [0.2, 0.25) is 0 Å². The molecule has 0 bridgehead atoms. The lowest BCUT2D eigenvalue weighted by Crippen LogP contribution is -2.30. The van der Waals surface area contributed by atoms with Crippen LogP contribution >= 0.6 is 46.4 Å². The quantitative estimate of drug-likeness (QED) is 0.203. The molecule has 2 aliphatic heterocycles. The number of hydrogen-bond acceptors (Lipinski definition) is 4. The Morgan fingerprint density at radius 2 is 0.864 bits per heavy atom. The van der Waals surface area contributed by atoms with E-state index in [0.29, 0.717) is 20.1 Å². The summed E-state index contributed by atoms with van der Waals surface area (Å²) in [5, 5.41) is 2.71. The number of carbonyl (C=O) groups excluding carboxylic acids is 2. The topological polar surface area (TPSA) is 52.6 Å². The first-order chi connectivity index (χ1) is 21.1. The Balaban J connectivity index is 0.000000175. The van der Waals surface area contributed by atoms with Gasteiger partial charge in [-0.15, -0.1) is 0 Å². The average molecular weight is 670 g/mol. The molecule has 0 aromatic heterocycles. The van der Waals surface area contributed by atoms with Crippen molar-refractivity contribution in [1.82, 2.24) is 0 Å². The number of rotatable bonds is 4. The molecule has 0 N–H and O–H groups in total. The van der Waals surface area contributed by atoms with E-state index in [1.165, 1.54) is 0 Å². The summed E-state index contributed by atoms with van der Waals surface area (Å²) in [5.41, 5.74) is 4.09. The fourth-order valence-corrected chi connectivity index (χ4v) is 6.50. The summed E-state index contributed by atoms with van der Waals surface area (Å²) in [4.78, 5) is 24.0. The number of hydrogen-bond donors (Lipinski definition) is 0. The monoisotopic (exact) mass is 668 g/mol. The SMILES string of the molecule is CC1C[C@@H](c2cccc(Cl)c2)[C@@H](c2ccc(Cl)cc2)OC1=O.CC1C[C@H](c2cccc(Cl)c2)[C@H](c2ccc(Cl)cc2)OC1=O. The van der Waals surface area contributed by atoms with Crippen molar-refractivity contribution < 1.29 is 19.1 Å². The van der Waals surface area contributed by atoms with Gasteiger partial charge in [-0.3, -0.25) is 9.59 Å². The summed E-state index contributed by atoms with van der Waals surface area (Å²) in [5.74, 6) is -0.364. The van der Waals surface area contributed by atoms with Gasteiger partial charge in [0.1, 0.15) is 12.2 Å². The van der Waals surface area contributed by atoms with Crippen LogP contribution in [-0.2, 0) is 19.1 Å². The number of halogens is 4. The molecule has 228 valence electrons. The summed E-state index contributed by atoms with van der Waals surface area (Å²) in [6.45, 7) is 3.80. The first-order valence-corrected chi connectivity index (χ1v) is 16.0. The fraction of sp³-hybridized carbons (Fsp3) is 0.278. The molecule has 2 unspecified atom stereocenters. The zero-order chi connectivity index (χ0) is 31.4. The second kappa shape index (κ2) is 14.4. The first kappa shape index (κ1) is 32.4. The van der Waals surface area contributed by atoms with Gasteiger partial charge in [0.25, 0.3) is 0 Å². The van der Waals surface area contributed by atoms with Gasteiger partial charge in [0, 0.05) is 31.9 Å². The van der Waals surface area contributed by atoms with Crippen LogP contribution in [-0.4, -0.2) is 11.9 Å². The molecule has 2 heterocycles. The Morgan fingerprint density at radius 3 is 1.20 bits per heavy atom. The highest BCUT2D eigenvalue weighted by Gasteiger charge is 2.38. The van der Waals surface area contributed by atoms with Crippen LogP contribution in [0.4, 0.5) is 0 Å². The number of carbonyl (C=O) groups is 2. The maximum Gasteiger partial charge on any atom is 0.309 e. The molecule has 0 saturated carbocycles. The minimum Gasteiger partial charge on any atom is -0.457 e. The van der Waals surface area contributed by atoms with Gasteiger partial charge in [-0.05, 0) is 83.6 Å². The lowest BCUT2D eigenvalue weighted by Gasteiger charge is -2.35. The van der Waals surface area contributed by atoms with Gasteiger partial charge in [-0.25, -0.2) is 0 Å². The molecule has 44 heavy (non-hydrogen) atoms. The molecular weight excluding hydrogens is 638 g/mol. The molecule has 6 rings (SSSR count). The van der Waals surface area contributed by atoms with Crippen LogP contribution in [0.15, 0.2) is 97.1 Å². The fourth-order valence-electron chi connectivity index (χ4n) is 5.85. The summed E-state index contributed by atoms with van der Waals surface area (Å²) < 4.78 is 11.4. The molecule has 0 amide bonds. The Labute approximate surface area is 278 Å². The van der Waals surface area contributed by atoms with Crippen LogP contribution in [0.1, 0.15) is 73.0 Å². The highest BCUT2D eigenvalue weighted by atomic mass is 35.5. The van der Waals surface area contributed by atoms with Crippen LogP contribution in [0.3, 0.4) is 0 Å². The van der Waals surface area contributed by atoms with Crippen LogP contribution < -0.4 is 0 Å². The maximum absolute atomic E-state index is 12.0. The van der Waals surface area contributed by atoms with E-state index in [9.17, 15) is 9.59 Å². The van der Waals surface area contributed by atoms with E-state index in [1.54, 1.807) is 0 Å². The molecule has 2 saturated heterocycles. The molecule has 0 spiro atoms. The molecule has 4 nitrogen and oxygen atoms in total. The largest absolute Gasteiger partial charge is 0.457 e. The van der Waals surface area contributed by atoms with Crippen LogP contribution in [0.5, 0.6) is 0 Å². The third-order valence-electron chi connectivity index (χ3n) is 8.19. The molecule has 4 aromatic carbocycles. The van der Waals surface area contributed by atoms with Crippen LogP contribution in [0.2, 0.25) is 20.1 Å². The normalized spacial score (nSPS) is 24.9. The molecular formula is C36H32Cl4O4. The van der Waals surface area contributed by atoms with E-state index in [1.807, 2.05) is 111 Å². The third-order valence-corrected chi connectivity index (χ3v) is 9.16. The zero-order valence-corrected chi connectivity index (χ0v) is 27.3. The van der Waals surface area contributed by atoms with Crippen molar-refractivity contribution in [2.75, 3.05) is 0 Å². The van der Waals surface area contributed by atoms with Crippen molar-refractivity contribution >= 4 is 58.3 Å². The minimum atomic E-state index is -0.306. The standard InChI is InChI=1S/2C18H16Cl2O2/c2*1-11-9-16(13-3-2-4-15(20)10-13)17(22-18(11)21)12-5-7-14(19)8-6-12/h2*2-8,10-11,16-17H,9H2,1H3/t2*11?,16-,17+/m10/s1. The van der Waals surface area contributed by atoms with Crippen molar-refractivity contribution in [1.29, 1.82) is 0 Å². The lowest BCUT2D eigenvalue weighted by atomic mass is 9.80. The van der Waals surface area contributed by atoms with E-state index in [4.69, 9.17) is 55.9 Å². The number of esters is 2. The molecule has 4 aromatic rings. The van der Waals surface area contributed by atoms with Crippen molar-refractivity contribution in [3.63, 3.8) is 0 Å². The third kappa shape index (κ3) is 7.79. The minimum absolute atomic E-state index is 0.0903. The molecule has 6 atom stereocenters. The summed E-state index contributed by atoms with van der Waals surface area (Å²) >= 11 is 24.1. The Kier molecular flexibility index (Phi) is 10.6. The van der Waals surface area contributed by atoms with Crippen LogP contribution in [0.25, 0.3) is 0 Å². The number of ether oxygens (including phenoxy) is 2. The van der Waals surface area contributed by atoms with Crippen molar-refractivity contribution in [2.24, 2.45) is 11.8 Å². The average Bonchev–Trinajstić information content (AvgIpc) is 3.01. The zero-order valence-electron chi connectivity index (χ0n) is 24.3. The van der Waals surface area contributed by atoms with Crippen LogP contribution in [0, 0.1) is 11.8 Å².